The van der Waals surface area contributed by atoms with E-state index >= 15 is 0 Å². The average molecular weight is 357 g/mol. The molecule has 24 heavy (non-hydrogen) atoms. The second kappa shape index (κ2) is 5.73. The Morgan fingerprint density at radius 2 is 2.21 bits per heavy atom. The third-order valence-electron chi connectivity index (χ3n) is 4.09. The van der Waals surface area contributed by atoms with Crippen molar-refractivity contribution < 1.29 is 27.6 Å². The number of nitrogens with zero attached hydrogens (tertiary/aromatic N) is 4. The maximum Gasteiger partial charge on any atom is 0.475 e. The Morgan fingerprint density at radius 1 is 1.38 bits per heavy atom. The van der Waals surface area contributed by atoms with Crippen molar-refractivity contribution in [3.8, 4) is 0 Å². The first-order chi connectivity index (χ1) is 11.6. The number of methoxy groups -OCH3 is 1. The van der Waals surface area contributed by atoms with Gasteiger partial charge in [0.15, 0.2) is 17.7 Å². The number of phosphoric acid groups is 1. The van der Waals surface area contributed by atoms with Gasteiger partial charge in [-0.3, -0.25) is 18.1 Å². The molecule has 4 heterocycles. The summed E-state index contributed by atoms with van der Waals surface area (Å²) >= 11 is 0. The number of fused-ring (bicyclic) bond motifs is 2. The summed E-state index contributed by atoms with van der Waals surface area (Å²) in [5.74, 6) is 0.270. The number of hydrogen-bond donors (Lipinski definition) is 1. The number of phosphoric ester groups is 1. The fourth-order valence-electron chi connectivity index (χ4n) is 2.94. The van der Waals surface area contributed by atoms with Crippen molar-refractivity contribution in [2.45, 2.75) is 24.5 Å². The Morgan fingerprint density at radius 3 is 2.96 bits per heavy atom. The van der Waals surface area contributed by atoms with E-state index in [1.54, 1.807) is 10.9 Å². The Balaban J connectivity index is 1.71. The number of nitrogen functional groups attached to an aromatic ring is 1. The minimum absolute atomic E-state index is 0.0654. The van der Waals surface area contributed by atoms with E-state index in [2.05, 4.69) is 15.0 Å². The summed E-state index contributed by atoms with van der Waals surface area (Å²) in [5.41, 5.74) is 6.78. The van der Waals surface area contributed by atoms with Gasteiger partial charge in [0.05, 0.1) is 12.9 Å². The molecule has 0 aromatic carbocycles. The van der Waals surface area contributed by atoms with Gasteiger partial charge in [-0.25, -0.2) is 19.5 Å². The first-order valence-corrected chi connectivity index (χ1v) is 8.62. The van der Waals surface area contributed by atoms with Gasteiger partial charge in [-0.15, -0.1) is 0 Å². The molecule has 2 N–H and O–H groups in total. The molecule has 12 heteroatoms. The van der Waals surface area contributed by atoms with Crippen molar-refractivity contribution in [3.05, 3.63) is 12.7 Å². The van der Waals surface area contributed by atoms with Gasteiger partial charge in [-0.05, 0) is 0 Å². The number of nitrogens with two attached hydrogens (primary N) is 1. The van der Waals surface area contributed by atoms with Crippen LogP contribution in [-0.4, -0.2) is 58.7 Å². The van der Waals surface area contributed by atoms with E-state index in [4.69, 9.17) is 28.8 Å². The highest BCUT2D eigenvalue weighted by atomic mass is 31.2. The number of hydrogen-bond acceptors (Lipinski definition) is 10. The monoisotopic (exact) mass is 357 g/mol. The van der Waals surface area contributed by atoms with Crippen molar-refractivity contribution in [2.75, 3.05) is 26.6 Å². The van der Waals surface area contributed by atoms with E-state index in [-0.39, 0.29) is 12.4 Å². The lowest BCUT2D eigenvalue weighted by Gasteiger charge is -2.30. The lowest BCUT2D eigenvalue weighted by Crippen LogP contribution is -2.40. The Hall–Kier alpha value is -1.62. The Kier molecular flexibility index (Phi) is 3.79. The smallest absolute Gasteiger partial charge is 0.382 e. The third-order valence-corrected chi connectivity index (χ3v) is 5.50. The lowest BCUT2D eigenvalue weighted by atomic mass is 10.1. The first-order valence-electron chi connectivity index (χ1n) is 7.16. The quantitative estimate of drug-likeness (QED) is 0.774. The maximum atomic E-state index is 12.2. The minimum Gasteiger partial charge on any atom is -0.382 e. The molecule has 0 amide bonds. The highest BCUT2D eigenvalue weighted by Crippen LogP contribution is 2.56. The summed E-state index contributed by atoms with van der Waals surface area (Å²) in [6, 6.07) is 0. The average Bonchev–Trinajstić information content (AvgIpc) is 3.16. The van der Waals surface area contributed by atoms with Crippen LogP contribution in [0, 0.1) is 0 Å². The topological polar surface area (TPSA) is 133 Å². The fraction of sp³-hybridized carbons (Fsp3) is 0.583. The molecule has 2 saturated heterocycles. The largest absolute Gasteiger partial charge is 0.475 e. The molecule has 0 saturated carbocycles. The molecule has 2 aromatic rings. The van der Waals surface area contributed by atoms with E-state index in [1.807, 2.05) is 0 Å². The van der Waals surface area contributed by atoms with Crippen LogP contribution in [-0.2, 0) is 27.6 Å². The van der Waals surface area contributed by atoms with Crippen molar-refractivity contribution in [1.29, 1.82) is 0 Å². The zero-order chi connectivity index (χ0) is 16.9. The van der Waals surface area contributed by atoms with Gasteiger partial charge in [0.1, 0.15) is 30.2 Å². The van der Waals surface area contributed by atoms with Gasteiger partial charge in [0.25, 0.3) is 0 Å². The lowest BCUT2D eigenvalue weighted by molar-refractivity contribution is -0.0687. The second-order valence-corrected chi connectivity index (χ2v) is 7.07. The molecule has 0 aliphatic carbocycles. The number of imidazole rings is 1. The predicted molar refractivity (Wildman–Crippen MR) is 79.9 cm³/mol. The van der Waals surface area contributed by atoms with E-state index in [9.17, 15) is 4.57 Å². The van der Waals surface area contributed by atoms with Gasteiger partial charge < -0.3 is 15.2 Å². The molecule has 4 rings (SSSR count). The molecule has 0 bridgehead atoms. The Bertz CT molecular complexity index is 814. The number of rotatable bonds is 3. The molecule has 0 radical (unpaired) electrons. The van der Waals surface area contributed by atoms with Crippen molar-refractivity contribution in [2.24, 2.45) is 0 Å². The van der Waals surface area contributed by atoms with Crippen LogP contribution in [0.1, 0.15) is 6.23 Å². The summed E-state index contributed by atoms with van der Waals surface area (Å²) in [6.45, 7) is 0.0654. The SMILES string of the molecule is COC1C(n2cnc3c(N)ncnc32)O[C@@H]2COP(=O)(OC)O[C@@H]12. The van der Waals surface area contributed by atoms with Gasteiger partial charge in [0, 0.05) is 14.2 Å². The molecule has 3 unspecified atom stereocenters. The molecule has 5 atom stereocenters. The van der Waals surface area contributed by atoms with Crippen LogP contribution in [0.4, 0.5) is 5.82 Å². The normalized spacial score (nSPS) is 36.1. The molecule has 2 fully saturated rings. The van der Waals surface area contributed by atoms with Crippen molar-refractivity contribution >= 4 is 24.8 Å². The van der Waals surface area contributed by atoms with Crippen molar-refractivity contribution in [3.63, 3.8) is 0 Å². The summed E-state index contributed by atoms with van der Waals surface area (Å²) in [5, 5.41) is 0. The van der Waals surface area contributed by atoms with E-state index < -0.39 is 32.4 Å². The standard InChI is InChI=1S/C12H16N5O6P/c1-19-9-8-6(3-21-24(18,20-2)23-8)22-12(9)17-5-16-7-10(13)14-4-15-11(7)17/h4-6,8-9,12H,3H2,1-2H3,(H2,13,14,15)/t6-,8-,9?,12?,24?/m1/s1. The number of anilines is 1. The molecule has 2 aromatic heterocycles. The molecule has 11 nitrogen and oxygen atoms in total. The summed E-state index contributed by atoms with van der Waals surface area (Å²) in [7, 11) is -0.825. The first kappa shape index (κ1) is 15.9. The maximum absolute atomic E-state index is 12.2. The molecule has 0 spiro atoms. The highest BCUT2D eigenvalue weighted by molar-refractivity contribution is 7.48. The van der Waals surface area contributed by atoms with Gasteiger partial charge in [-0.1, -0.05) is 0 Å². The molecular weight excluding hydrogens is 341 g/mol. The van der Waals surface area contributed by atoms with Crippen molar-refractivity contribution in [1.82, 2.24) is 19.5 Å². The van der Waals surface area contributed by atoms with Crippen LogP contribution in [0.5, 0.6) is 0 Å². The molecule has 130 valence electrons. The van der Waals surface area contributed by atoms with Crippen LogP contribution in [0.3, 0.4) is 0 Å². The minimum atomic E-state index is -3.60. The zero-order valence-electron chi connectivity index (χ0n) is 12.9. The van der Waals surface area contributed by atoms with E-state index in [1.165, 1.54) is 20.5 Å². The second-order valence-electron chi connectivity index (χ2n) is 5.34. The van der Waals surface area contributed by atoms with E-state index in [0.29, 0.717) is 11.2 Å². The predicted octanol–water partition coefficient (Wildman–Crippen LogP) is 0.491. The Labute approximate surface area is 136 Å². The molecule has 2 aliphatic heterocycles. The zero-order valence-corrected chi connectivity index (χ0v) is 13.8. The fourth-order valence-corrected chi connectivity index (χ4v) is 4.08. The molecular formula is C12H16N5O6P. The van der Waals surface area contributed by atoms with Gasteiger partial charge in [-0.2, -0.15) is 0 Å². The summed E-state index contributed by atoms with van der Waals surface area (Å²) in [6.07, 6.45) is 0.649. The summed E-state index contributed by atoms with van der Waals surface area (Å²) in [4.78, 5) is 12.3. The third kappa shape index (κ3) is 2.32. The van der Waals surface area contributed by atoms with Crippen LogP contribution in [0.25, 0.3) is 11.2 Å². The highest BCUT2D eigenvalue weighted by Gasteiger charge is 2.54. The number of ether oxygens (including phenoxy) is 2. The van der Waals surface area contributed by atoms with Crippen LogP contribution < -0.4 is 5.73 Å². The van der Waals surface area contributed by atoms with Crippen LogP contribution >= 0.6 is 7.82 Å². The molecule has 2 aliphatic rings. The van der Waals surface area contributed by atoms with Crippen LogP contribution in [0.2, 0.25) is 0 Å². The van der Waals surface area contributed by atoms with E-state index in [0.717, 1.165) is 0 Å². The van der Waals surface area contributed by atoms with Gasteiger partial charge in [0.2, 0.25) is 0 Å². The van der Waals surface area contributed by atoms with Gasteiger partial charge >= 0.3 is 7.82 Å². The number of aromatic nitrogens is 4. The van der Waals surface area contributed by atoms with Crippen LogP contribution in [0.15, 0.2) is 12.7 Å². The summed E-state index contributed by atoms with van der Waals surface area (Å²) < 4.78 is 40.9.